The van der Waals surface area contributed by atoms with Crippen LogP contribution in [0.3, 0.4) is 0 Å². The number of aromatic nitrogens is 2. The van der Waals surface area contributed by atoms with E-state index in [0.29, 0.717) is 17.9 Å². The Kier molecular flexibility index (Phi) is 5.40. The van der Waals surface area contributed by atoms with E-state index in [2.05, 4.69) is 27.1 Å². The van der Waals surface area contributed by atoms with E-state index in [0.717, 1.165) is 18.4 Å². The molecular formula is C19H19ClN4O2. The quantitative estimate of drug-likeness (QED) is 0.703. The van der Waals surface area contributed by atoms with E-state index in [4.69, 9.17) is 17.3 Å². The molecule has 0 aliphatic heterocycles. The van der Waals surface area contributed by atoms with Crippen LogP contribution in [0.15, 0.2) is 36.7 Å². The van der Waals surface area contributed by atoms with E-state index in [1.165, 1.54) is 12.4 Å². The summed E-state index contributed by atoms with van der Waals surface area (Å²) in [5.41, 5.74) is 5.36. The zero-order chi connectivity index (χ0) is 18.6. The van der Waals surface area contributed by atoms with Crippen LogP contribution < -0.4 is 11.1 Å². The molecule has 0 bridgehead atoms. The SMILES string of the molecule is Nc1nccnc1C(=O)N[C@H]1CCCC(O)(C#Cc2cccc(Cl)c2)C1. The summed E-state index contributed by atoms with van der Waals surface area (Å²) in [5.74, 6) is 5.59. The Hall–Kier alpha value is -2.62. The Morgan fingerprint density at radius 2 is 2.19 bits per heavy atom. The molecule has 134 valence electrons. The van der Waals surface area contributed by atoms with E-state index < -0.39 is 11.5 Å². The van der Waals surface area contributed by atoms with Gasteiger partial charge in [-0.1, -0.05) is 29.5 Å². The van der Waals surface area contributed by atoms with E-state index >= 15 is 0 Å². The number of amides is 1. The summed E-state index contributed by atoms with van der Waals surface area (Å²) in [6.45, 7) is 0. The molecule has 26 heavy (non-hydrogen) atoms. The number of nitrogen functional groups attached to an aromatic ring is 1. The number of hydrogen-bond donors (Lipinski definition) is 3. The van der Waals surface area contributed by atoms with Crippen molar-refractivity contribution in [1.82, 2.24) is 15.3 Å². The summed E-state index contributed by atoms with van der Waals surface area (Å²) in [6, 6.07) is 6.95. The Bertz CT molecular complexity index is 877. The van der Waals surface area contributed by atoms with E-state index in [9.17, 15) is 9.90 Å². The van der Waals surface area contributed by atoms with Crippen LogP contribution in [0, 0.1) is 11.8 Å². The monoisotopic (exact) mass is 370 g/mol. The van der Waals surface area contributed by atoms with Gasteiger partial charge >= 0.3 is 0 Å². The van der Waals surface area contributed by atoms with Crippen molar-refractivity contribution in [3.8, 4) is 11.8 Å². The van der Waals surface area contributed by atoms with Gasteiger partial charge in [0.25, 0.3) is 5.91 Å². The topological polar surface area (TPSA) is 101 Å². The molecule has 1 aliphatic rings. The van der Waals surface area contributed by atoms with Gasteiger partial charge in [-0.25, -0.2) is 9.97 Å². The second-order valence-electron chi connectivity index (χ2n) is 6.35. The molecule has 3 rings (SSSR count). The lowest BCUT2D eigenvalue weighted by Gasteiger charge is -2.33. The van der Waals surface area contributed by atoms with Crippen molar-refractivity contribution in [1.29, 1.82) is 0 Å². The van der Waals surface area contributed by atoms with Crippen molar-refractivity contribution >= 4 is 23.3 Å². The molecule has 0 saturated heterocycles. The Morgan fingerprint density at radius 3 is 2.96 bits per heavy atom. The first-order valence-electron chi connectivity index (χ1n) is 8.34. The maximum atomic E-state index is 12.3. The number of nitrogens with one attached hydrogen (secondary N) is 1. The molecule has 1 aromatic carbocycles. The summed E-state index contributed by atoms with van der Waals surface area (Å²) in [6.07, 6.45) is 5.25. The molecule has 1 saturated carbocycles. The normalized spacial score (nSPS) is 22.2. The lowest BCUT2D eigenvalue weighted by molar-refractivity contribution is 0.0452. The number of benzene rings is 1. The minimum atomic E-state index is -1.16. The van der Waals surface area contributed by atoms with Crippen molar-refractivity contribution in [3.63, 3.8) is 0 Å². The Labute approximate surface area is 156 Å². The fraction of sp³-hybridized carbons (Fsp3) is 0.316. The standard InChI is InChI=1S/C19H19ClN4O2/c20-14-4-1-3-13(11-14)6-8-19(26)7-2-5-15(12-19)24-18(25)16-17(21)23-10-9-22-16/h1,3-4,9-11,15,26H,2,5,7,12H2,(H2,21,23)(H,24,25)/t15-,19?/m0/s1. The average molecular weight is 371 g/mol. The van der Waals surface area contributed by atoms with E-state index in [-0.39, 0.29) is 17.6 Å². The minimum absolute atomic E-state index is 0.0804. The molecule has 2 aromatic rings. The number of hydrogen-bond acceptors (Lipinski definition) is 5. The van der Waals surface area contributed by atoms with Crippen LogP contribution in [-0.4, -0.2) is 32.6 Å². The van der Waals surface area contributed by atoms with E-state index in [1.54, 1.807) is 12.1 Å². The third-order valence-electron chi connectivity index (χ3n) is 4.27. The van der Waals surface area contributed by atoms with Gasteiger partial charge in [-0.3, -0.25) is 4.79 Å². The van der Waals surface area contributed by atoms with Crippen molar-refractivity contribution in [3.05, 3.63) is 52.9 Å². The smallest absolute Gasteiger partial charge is 0.273 e. The number of carbonyl (C=O) groups is 1. The molecule has 7 heteroatoms. The molecule has 2 atom stereocenters. The van der Waals surface area contributed by atoms with Crippen LogP contribution in [0.25, 0.3) is 0 Å². The first-order valence-corrected chi connectivity index (χ1v) is 8.71. The number of anilines is 1. The van der Waals surface area contributed by atoms with Gasteiger partial charge in [-0.05, 0) is 37.5 Å². The van der Waals surface area contributed by atoms with Gasteiger partial charge in [0.1, 0.15) is 5.60 Å². The minimum Gasteiger partial charge on any atom is -0.382 e. The van der Waals surface area contributed by atoms with Gasteiger partial charge in [0.15, 0.2) is 11.5 Å². The Balaban J connectivity index is 1.69. The summed E-state index contributed by atoms with van der Waals surface area (Å²) < 4.78 is 0. The molecule has 1 aliphatic carbocycles. The number of nitrogens with zero attached hydrogens (tertiary/aromatic N) is 2. The van der Waals surface area contributed by atoms with Crippen LogP contribution >= 0.6 is 11.6 Å². The van der Waals surface area contributed by atoms with Crippen molar-refractivity contribution < 1.29 is 9.90 Å². The van der Waals surface area contributed by atoms with Gasteiger partial charge in [0.2, 0.25) is 0 Å². The zero-order valence-electron chi connectivity index (χ0n) is 14.1. The number of carbonyl (C=O) groups excluding carboxylic acids is 1. The summed E-state index contributed by atoms with van der Waals surface area (Å²) in [7, 11) is 0. The van der Waals surface area contributed by atoms with Gasteiger partial charge < -0.3 is 16.2 Å². The third kappa shape index (κ3) is 4.51. The van der Waals surface area contributed by atoms with Gasteiger partial charge in [-0.2, -0.15) is 0 Å². The van der Waals surface area contributed by atoms with Crippen LogP contribution in [0.4, 0.5) is 5.82 Å². The van der Waals surface area contributed by atoms with E-state index in [1.807, 2.05) is 12.1 Å². The summed E-state index contributed by atoms with van der Waals surface area (Å²) in [4.78, 5) is 20.2. The lowest BCUT2D eigenvalue weighted by atomic mass is 9.82. The predicted octanol–water partition coefficient (Wildman–Crippen LogP) is 2.17. The van der Waals surface area contributed by atoms with Crippen LogP contribution in [0.1, 0.15) is 41.7 Å². The van der Waals surface area contributed by atoms with Gasteiger partial charge in [-0.15, -0.1) is 0 Å². The molecule has 1 heterocycles. The maximum absolute atomic E-state index is 12.3. The highest BCUT2D eigenvalue weighted by atomic mass is 35.5. The number of halogens is 1. The van der Waals surface area contributed by atoms with Gasteiger partial charge in [0.05, 0.1) is 0 Å². The molecular weight excluding hydrogens is 352 g/mol. The number of rotatable bonds is 2. The van der Waals surface area contributed by atoms with Crippen LogP contribution in [0.5, 0.6) is 0 Å². The molecule has 6 nitrogen and oxygen atoms in total. The molecule has 1 fully saturated rings. The second-order valence-corrected chi connectivity index (χ2v) is 6.79. The fourth-order valence-electron chi connectivity index (χ4n) is 3.02. The van der Waals surface area contributed by atoms with Gasteiger partial charge in [0, 0.05) is 35.4 Å². The number of aliphatic hydroxyl groups is 1. The van der Waals surface area contributed by atoms with Crippen LogP contribution in [0.2, 0.25) is 5.02 Å². The van der Waals surface area contributed by atoms with Crippen molar-refractivity contribution in [2.24, 2.45) is 0 Å². The first-order chi connectivity index (χ1) is 12.5. The average Bonchev–Trinajstić information content (AvgIpc) is 2.61. The Morgan fingerprint density at radius 1 is 1.38 bits per heavy atom. The molecule has 0 spiro atoms. The molecule has 1 amide bonds. The number of nitrogens with two attached hydrogens (primary N) is 1. The van der Waals surface area contributed by atoms with Crippen molar-refractivity contribution in [2.45, 2.75) is 37.3 Å². The van der Waals surface area contributed by atoms with Crippen LogP contribution in [-0.2, 0) is 0 Å². The highest BCUT2D eigenvalue weighted by Gasteiger charge is 2.34. The largest absolute Gasteiger partial charge is 0.382 e. The summed E-state index contributed by atoms with van der Waals surface area (Å²) in [5, 5.41) is 14.3. The zero-order valence-corrected chi connectivity index (χ0v) is 14.8. The lowest BCUT2D eigenvalue weighted by Crippen LogP contribution is -2.45. The molecule has 4 N–H and O–H groups in total. The predicted molar refractivity (Wildman–Crippen MR) is 99.4 cm³/mol. The second kappa shape index (κ2) is 7.73. The van der Waals surface area contributed by atoms with Crippen molar-refractivity contribution in [2.75, 3.05) is 5.73 Å². The molecule has 0 radical (unpaired) electrons. The summed E-state index contributed by atoms with van der Waals surface area (Å²) >= 11 is 5.95. The molecule has 1 unspecified atom stereocenters. The fourth-order valence-corrected chi connectivity index (χ4v) is 3.21. The third-order valence-corrected chi connectivity index (χ3v) is 4.50. The highest BCUT2D eigenvalue weighted by molar-refractivity contribution is 6.30. The highest BCUT2D eigenvalue weighted by Crippen LogP contribution is 2.28. The first kappa shape index (κ1) is 18.2. The maximum Gasteiger partial charge on any atom is 0.273 e. The molecule has 1 aromatic heterocycles.